The molecule has 0 spiro atoms. The molecule has 1 unspecified atom stereocenters. The fourth-order valence-corrected chi connectivity index (χ4v) is 5.34. The Hall–Kier alpha value is -1.78. The number of hydrogen-bond acceptors (Lipinski definition) is 6. The standard InChI is InChI=1S/C21H25ClN2O5S2/c1-15(16-3-6-18(30-2)7-4-16)23-21(25)14-29-19-8-5-17(22)13-20(19)31(26,27)24-9-11-28-12-10-24/h3-8,13,15H,9-12,14H2,1-2H3,(H,23,25). The van der Waals surface area contributed by atoms with Gasteiger partial charge in [-0.1, -0.05) is 23.7 Å². The summed E-state index contributed by atoms with van der Waals surface area (Å²) in [5.41, 5.74) is 0.966. The monoisotopic (exact) mass is 484 g/mol. The minimum Gasteiger partial charge on any atom is -0.482 e. The molecule has 1 N–H and O–H groups in total. The van der Waals surface area contributed by atoms with Crippen LogP contribution in [0.15, 0.2) is 52.3 Å². The van der Waals surface area contributed by atoms with Crippen molar-refractivity contribution in [2.75, 3.05) is 39.2 Å². The summed E-state index contributed by atoms with van der Waals surface area (Å²) >= 11 is 7.69. The lowest BCUT2D eigenvalue weighted by Crippen LogP contribution is -2.40. The molecule has 168 valence electrons. The van der Waals surface area contributed by atoms with Crippen LogP contribution in [0.3, 0.4) is 0 Å². The maximum absolute atomic E-state index is 13.0. The summed E-state index contributed by atoms with van der Waals surface area (Å²) in [4.78, 5) is 13.5. The summed E-state index contributed by atoms with van der Waals surface area (Å²) in [5.74, 6) is -0.269. The number of rotatable bonds is 8. The number of sulfonamides is 1. The first-order chi connectivity index (χ1) is 14.8. The second kappa shape index (κ2) is 10.7. The Kier molecular flexibility index (Phi) is 8.23. The Labute approximate surface area is 192 Å². The molecule has 2 aromatic carbocycles. The van der Waals surface area contributed by atoms with Crippen molar-refractivity contribution < 1.29 is 22.7 Å². The number of carbonyl (C=O) groups excluding carboxylic acids is 1. The molecule has 1 atom stereocenters. The molecule has 0 radical (unpaired) electrons. The van der Waals surface area contributed by atoms with E-state index in [9.17, 15) is 13.2 Å². The molecular formula is C21H25ClN2O5S2. The van der Waals surface area contributed by atoms with E-state index in [1.54, 1.807) is 11.8 Å². The molecule has 10 heteroatoms. The third-order valence-electron chi connectivity index (χ3n) is 4.85. The summed E-state index contributed by atoms with van der Waals surface area (Å²) in [7, 11) is -3.83. The maximum atomic E-state index is 13.0. The predicted octanol–water partition coefficient (Wildman–Crippen LogP) is 3.34. The van der Waals surface area contributed by atoms with Crippen LogP contribution in [0.4, 0.5) is 0 Å². The SMILES string of the molecule is CSc1ccc(C(C)NC(=O)COc2ccc(Cl)cc2S(=O)(=O)N2CCOCC2)cc1. The van der Waals surface area contributed by atoms with Crippen molar-refractivity contribution in [1.82, 2.24) is 9.62 Å². The van der Waals surface area contributed by atoms with Gasteiger partial charge in [-0.25, -0.2) is 8.42 Å². The molecule has 0 bridgehead atoms. The van der Waals surface area contributed by atoms with Crippen LogP contribution in [0.2, 0.25) is 5.02 Å². The number of hydrogen-bond donors (Lipinski definition) is 1. The van der Waals surface area contributed by atoms with Gasteiger partial charge in [0.25, 0.3) is 5.91 Å². The van der Waals surface area contributed by atoms with Crippen molar-refractivity contribution >= 4 is 39.3 Å². The number of carbonyl (C=O) groups is 1. The van der Waals surface area contributed by atoms with Crippen LogP contribution in [0.5, 0.6) is 5.75 Å². The second-order valence-corrected chi connectivity index (χ2v) is 10.2. The van der Waals surface area contributed by atoms with Crippen LogP contribution in [-0.2, 0) is 19.6 Å². The normalized spacial score (nSPS) is 16.0. The van der Waals surface area contributed by atoms with E-state index < -0.39 is 10.0 Å². The summed E-state index contributed by atoms with van der Waals surface area (Å²) in [6.45, 7) is 2.72. The zero-order valence-corrected chi connectivity index (χ0v) is 19.7. The van der Waals surface area contributed by atoms with Crippen LogP contribution in [-0.4, -0.2) is 57.8 Å². The Bertz CT molecular complexity index is 1010. The molecule has 0 aliphatic carbocycles. The first-order valence-corrected chi connectivity index (χ1v) is 12.8. The molecule has 1 amide bonds. The van der Waals surface area contributed by atoms with Gasteiger partial charge in [-0.2, -0.15) is 4.31 Å². The second-order valence-electron chi connectivity index (χ2n) is 6.96. The van der Waals surface area contributed by atoms with E-state index >= 15 is 0 Å². The number of thioether (sulfide) groups is 1. The van der Waals surface area contributed by atoms with E-state index in [-0.39, 0.29) is 47.3 Å². The molecule has 2 aromatic rings. The highest BCUT2D eigenvalue weighted by atomic mass is 35.5. The molecule has 1 heterocycles. The number of ether oxygens (including phenoxy) is 2. The lowest BCUT2D eigenvalue weighted by atomic mass is 10.1. The van der Waals surface area contributed by atoms with Gasteiger partial charge in [0, 0.05) is 23.0 Å². The maximum Gasteiger partial charge on any atom is 0.258 e. The minimum atomic E-state index is -3.83. The minimum absolute atomic E-state index is 0.0598. The van der Waals surface area contributed by atoms with Crippen molar-refractivity contribution in [2.45, 2.75) is 22.8 Å². The topological polar surface area (TPSA) is 84.9 Å². The van der Waals surface area contributed by atoms with Gasteiger partial charge in [-0.15, -0.1) is 11.8 Å². The number of nitrogens with zero attached hydrogens (tertiary/aromatic N) is 1. The first kappa shape index (κ1) is 23.9. The van der Waals surface area contributed by atoms with Gasteiger partial charge < -0.3 is 14.8 Å². The summed E-state index contributed by atoms with van der Waals surface area (Å²) in [6.07, 6.45) is 2.00. The summed E-state index contributed by atoms with van der Waals surface area (Å²) in [5, 5.41) is 3.13. The molecule has 1 aliphatic heterocycles. The van der Waals surface area contributed by atoms with E-state index in [4.69, 9.17) is 21.1 Å². The smallest absolute Gasteiger partial charge is 0.258 e. The van der Waals surface area contributed by atoms with Crippen LogP contribution in [0.25, 0.3) is 0 Å². The van der Waals surface area contributed by atoms with Crippen LogP contribution < -0.4 is 10.1 Å². The molecule has 0 saturated carbocycles. The zero-order chi connectivity index (χ0) is 22.4. The molecule has 1 saturated heterocycles. The molecule has 3 rings (SSSR count). The number of nitrogens with one attached hydrogen (secondary N) is 1. The molecule has 1 aliphatic rings. The van der Waals surface area contributed by atoms with E-state index in [1.807, 2.05) is 37.4 Å². The molecule has 1 fully saturated rings. The molecular weight excluding hydrogens is 460 g/mol. The number of halogens is 1. The van der Waals surface area contributed by atoms with Crippen molar-refractivity contribution in [2.24, 2.45) is 0 Å². The Morgan fingerprint density at radius 2 is 1.90 bits per heavy atom. The van der Waals surface area contributed by atoms with Crippen molar-refractivity contribution in [3.8, 4) is 5.75 Å². The molecule has 31 heavy (non-hydrogen) atoms. The van der Waals surface area contributed by atoms with E-state index in [1.165, 1.54) is 22.5 Å². The lowest BCUT2D eigenvalue weighted by molar-refractivity contribution is -0.123. The Balaban J connectivity index is 1.67. The molecule has 0 aromatic heterocycles. The van der Waals surface area contributed by atoms with Crippen LogP contribution in [0.1, 0.15) is 18.5 Å². The largest absolute Gasteiger partial charge is 0.482 e. The predicted molar refractivity (Wildman–Crippen MR) is 121 cm³/mol. The quantitative estimate of drug-likeness (QED) is 0.578. The molecule has 7 nitrogen and oxygen atoms in total. The van der Waals surface area contributed by atoms with Gasteiger partial charge >= 0.3 is 0 Å². The third kappa shape index (κ3) is 6.14. The zero-order valence-electron chi connectivity index (χ0n) is 17.3. The van der Waals surface area contributed by atoms with Crippen molar-refractivity contribution in [3.05, 3.63) is 53.1 Å². The number of amides is 1. The Morgan fingerprint density at radius 3 is 2.55 bits per heavy atom. The van der Waals surface area contributed by atoms with E-state index in [0.717, 1.165) is 10.5 Å². The van der Waals surface area contributed by atoms with E-state index in [2.05, 4.69) is 5.32 Å². The number of morpholine rings is 1. The average molecular weight is 485 g/mol. The van der Waals surface area contributed by atoms with Crippen molar-refractivity contribution in [3.63, 3.8) is 0 Å². The third-order valence-corrected chi connectivity index (χ3v) is 7.74. The van der Waals surface area contributed by atoms with Crippen molar-refractivity contribution in [1.29, 1.82) is 0 Å². The highest BCUT2D eigenvalue weighted by Crippen LogP contribution is 2.30. The average Bonchev–Trinajstić information content (AvgIpc) is 2.78. The number of benzene rings is 2. The van der Waals surface area contributed by atoms with E-state index in [0.29, 0.717) is 13.2 Å². The highest BCUT2D eigenvalue weighted by Gasteiger charge is 2.30. The summed E-state index contributed by atoms with van der Waals surface area (Å²) < 4.78 is 38.3. The van der Waals surface area contributed by atoms with Gasteiger partial charge in [-0.3, -0.25) is 4.79 Å². The lowest BCUT2D eigenvalue weighted by Gasteiger charge is -2.27. The van der Waals surface area contributed by atoms with Gasteiger partial charge in [0.05, 0.1) is 19.3 Å². The Morgan fingerprint density at radius 1 is 1.23 bits per heavy atom. The first-order valence-electron chi connectivity index (χ1n) is 9.75. The summed E-state index contributed by atoms with van der Waals surface area (Å²) in [6, 6.07) is 12.0. The highest BCUT2D eigenvalue weighted by molar-refractivity contribution is 7.98. The van der Waals surface area contributed by atoms with Gasteiger partial charge in [-0.05, 0) is 49.1 Å². The van der Waals surface area contributed by atoms with Gasteiger partial charge in [0.15, 0.2) is 6.61 Å². The fraction of sp³-hybridized carbons (Fsp3) is 0.381. The van der Waals surface area contributed by atoms with Gasteiger partial charge in [0.1, 0.15) is 10.6 Å². The fourth-order valence-electron chi connectivity index (χ4n) is 3.13. The van der Waals surface area contributed by atoms with Crippen LogP contribution in [0, 0.1) is 0 Å². The van der Waals surface area contributed by atoms with Gasteiger partial charge in [0.2, 0.25) is 10.0 Å². The van der Waals surface area contributed by atoms with Crippen LogP contribution >= 0.6 is 23.4 Å².